The van der Waals surface area contributed by atoms with Gasteiger partial charge >= 0.3 is 6.18 Å². The molecule has 1 aromatic carbocycles. The zero-order valence-electron chi connectivity index (χ0n) is 16.0. The van der Waals surface area contributed by atoms with Gasteiger partial charge in [-0.2, -0.15) is 13.2 Å². The summed E-state index contributed by atoms with van der Waals surface area (Å²) in [4.78, 5) is 4.27. The summed E-state index contributed by atoms with van der Waals surface area (Å²) in [6.07, 6.45) is 2.74. The zero-order chi connectivity index (χ0) is 20.6. The summed E-state index contributed by atoms with van der Waals surface area (Å²) in [6.45, 7) is 1.45. The second-order valence-corrected chi connectivity index (χ2v) is 7.55. The van der Waals surface area contributed by atoms with Gasteiger partial charge in [0, 0.05) is 36.2 Å². The average Bonchev–Trinajstić information content (AvgIpc) is 3.13. The van der Waals surface area contributed by atoms with E-state index >= 15 is 0 Å². The molecule has 4 rings (SSSR count). The van der Waals surface area contributed by atoms with Crippen molar-refractivity contribution >= 4 is 22.8 Å². The lowest BCUT2D eigenvalue weighted by Crippen LogP contribution is -2.33. The van der Waals surface area contributed by atoms with Crippen LogP contribution in [0.1, 0.15) is 36.8 Å². The normalized spacial score (nSPS) is 20.0. The Morgan fingerprint density at radius 2 is 1.90 bits per heavy atom. The van der Waals surface area contributed by atoms with Crippen molar-refractivity contribution in [2.45, 2.75) is 50.9 Å². The van der Waals surface area contributed by atoms with Crippen LogP contribution in [0.5, 0.6) is 0 Å². The highest BCUT2D eigenvalue weighted by Gasteiger charge is 2.32. The molecule has 2 aromatic heterocycles. The molecule has 3 aromatic rings. The maximum atomic E-state index is 13.2. The van der Waals surface area contributed by atoms with E-state index in [1.807, 2.05) is 0 Å². The molecule has 1 saturated carbocycles. The molecule has 4 N–H and O–H groups in total. The number of anilines is 3. The molecule has 0 unspecified atom stereocenters. The number of nitrogens with two attached hydrogens (primary N) is 1. The predicted octanol–water partition coefficient (Wildman–Crippen LogP) is 4.48. The lowest BCUT2D eigenvalue weighted by atomic mass is 9.92. The van der Waals surface area contributed by atoms with Gasteiger partial charge in [0.1, 0.15) is 5.82 Å². The number of imidazole rings is 1. The molecule has 6 nitrogen and oxygen atoms in total. The molecular formula is C20H23F3N6. The van der Waals surface area contributed by atoms with E-state index in [0.29, 0.717) is 22.8 Å². The van der Waals surface area contributed by atoms with E-state index in [9.17, 15) is 13.2 Å². The fraction of sp³-hybridized carbons (Fsp3) is 0.400. The summed E-state index contributed by atoms with van der Waals surface area (Å²) in [5.74, 6) is 0.640. The monoisotopic (exact) mass is 404 g/mol. The topological polar surface area (TPSA) is 80.3 Å². The number of aryl methyl sites for hydroxylation is 1. The standard InChI is InChI=1S/C20H23F3N6/c1-12-2-5-15(10-16(12)20(21,22)23)26-17-11-18(28-29-9-8-25-19(17)29)27-14-6-3-13(24)4-7-14/h2,5,8-11,13-14,26H,3-4,6-7,24H2,1H3,(H,27,28). The second-order valence-electron chi connectivity index (χ2n) is 7.55. The highest BCUT2D eigenvalue weighted by Crippen LogP contribution is 2.34. The Morgan fingerprint density at radius 3 is 2.62 bits per heavy atom. The molecule has 1 aliphatic rings. The van der Waals surface area contributed by atoms with Gasteiger partial charge < -0.3 is 16.4 Å². The van der Waals surface area contributed by atoms with Gasteiger partial charge in [0.05, 0.1) is 11.3 Å². The minimum atomic E-state index is -4.41. The largest absolute Gasteiger partial charge is 0.416 e. The van der Waals surface area contributed by atoms with E-state index in [-0.39, 0.29) is 17.6 Å². The number of aromatic nitrogens is 3. The first-order valence-corrected chi connectivity index (χ1v) is 9.61. The SMILES string of the molecule is Cc1ccc(Nc2cc(NC3CCC(N)CC3)nn3ccnc23)cc1C(F)(F)F. The molecule has 0 atom stereocenters. The fourth-order valence-electron chi connectivity index (χ4n) is 3.71. The second kappa shape index (κ2) is 7.55. The van der Waals surface area contributed by atoms with Gasteiger partial charge in [0.25, 0.3) is 0 Å². The van der Waals surface area contributed by atoms with Gasteiger partial charge in [0.2, 0.25) is 0 Å². The van der Waals surface area contributed by atoms with Crippen LogP contribution in [0.4, 0.5) is 30.4 Å². The van der Waals surface area contributed by atoms with Crippen LogP contribution in [-0.2, 0) is 6.18 Å². The molecule has 0 aliphatic heterocycles. The maximum absolute atomic E-state index is 13.2. The highest BCUT2D eigenvalue weighted by molar-refractivity contribution is 5.76. The number of nitrogens with zero attached hydrogens (tertiary/aromatic N) is 3. The molecule has 0 amide bonds. The van der Waals surface area contributed by atoms with E-state index in [1.54, 1.807) is 29.0 Å². The number of alkyl halides is 3. The average molecular weight is 404 g/mol. The third-order valence-corrected chi connectivity index (χ3v) is 5.30. The van der Waals surface area contributed by atoms with Crippen molar-refractivity contribution in [3.05, 3.63) is 47.8 Å². The molecule has 0 spiro atoms. The lowest BCUT2D eigenvalue weighted by molar-refractivity contribution is -0.138. The number of fused-ring (bicyclic) bond motifs is 1. The van der Waals surface area contributed by atoms with Crippen LogP contribution < -0.4 is 16.4 Å². The van der Waals surface area contributed by atoms with Gasteiger partial charge in [-0.1, -0.05) is 6.07 Å². The molecular weight excluding hydrogens is 381 g/mol. The quantitative estimate of drug-likeness (QED) is 0.597. The molecule has 1 fully saturated rings. The van der Waals surface area contributed by atoms with Crippen LogP contribution in [0, 0.1) is 6.92 Å². The van der Waals surface area contributed by atoms with E-state index in [2.05, 4.69) is 20.7 Å². The van der Waals surface area contributed by atoms with E-state index in [1.165, 1.54) is 13.0 Å². The van der Waals surface area contributed by atoms with Crippen molar-refractivity contribution in [2.24, 2.45) is 5.73 Å². The molecule has 1 aliphatic carbocycles. The van der Waals surface area contributed by atoms with Crippen molar-refractivity contribution < 1.29 is 13.2 Å². The minimum absolute atomic E-state index is 0.182. The molecule has 154 valence electrons. The Kier molecular flexibility index (Phi) is 5.08. The van der Waals surface area contributed by atoms with Crippen LogP contribution in [0.25, 0.3) is 5.65 Å². The fourth-order valence-corrected chi connectivity index (χ4v) is 3.71. The lowest BCUT2D eigenvalue weighted by Gasteiger charge is -2.27. The Bertz CT molecular complexity index is 1010. The van der Waals surface area contributed by atoms with Crippen molar-refractivity contribution in [1.82, 2.24) is 14.6 Å². The number of halogens is 3. The van der Waals surface area contributed by atoms with Gasteiger partial charge in [-0.15, -0.1) is 5.10 Å². The minimum Gasteiger partial charge on any atom is -0.366 e. The molecule has 2 heterocycles. The first-order chi connectivity index (χ1) is 13.8. The van der Waals surface area contributed by atoms with Crippen LogP contribution in [-0.4, -0.2) is 26.7 Å². The van der Waals surface area contributed by atoms with Gasteiger partial charge in [-0.25, -0.2) is 9.50 Å². The van der Waals surface area contributed by atoms with Crippen LogP contribution in [0.3, 0.4) is 0 Å². The Balaban J connectivity index is 1.63. The van der Waals surface area contributed by atoms with Crippen molar-refractivity contribution in [3.63, 3.8) is 0 Å². The summed E-state index contributed by atoms with van der Waals surface area (Å²) >= 11 is 0. The third-order valence-electron chi connectivity index (χ3n) is 5.30. The molecule has 29 heavy (non-hydrogen) atoms. The zero-order valence-corrected chi connectivity index (χ0v) is 16.0. The maximum Gasteiger partial charge on any atom is 0.416 e. The van der Waals surface area contributed by atoms with Crippen molar-refractivity contribution in [2.75, 3.05) is 10.6 Å². The van der Waals surface area contributed by atoms with Crippen LogP contribution in [0.15, 0.2) is 36.7 Å². The number of rotatable bonds is 4. The summed E-state index contributed by atoms with van der Waals surface area (Å²) in [5, 5.41) is 11.0. The number of hydrogen-bond acceptors (Lipinski definition) is 5. The smallest absolute Gasteiger partial charge is 0.366 e. The van der Waals surface area contributed by atoms with Gasteiger partial charge in [-0.05, 0) is 50.3 Å². The highest BCUT2D eigenvalue weighted by atomic mass is 19.4. The number of benzene rings is 1. The molecule has 0 bridgehead atoms. The van der Waals surface area contributed by atoms with Crippen molar-refractivity contribution in [1.29, 1.82) is 0 Å². The van der Waals surface area contributed by atoms with E-state index in [4.69, 9.17) is 5.73 Å². The van der Waals surface area contributed by atoms with E-state index in [0.717, 1.165) is 31.7 Å². The van der Waals surface area contributed by atoms with Gasteiger partial charge in [-0.3, -0.25) is 0 Å². The predicted molar refractivity (Wildman–Crippen MR) is 106 cm³/mol. The first kappa shape index (κ1) is 19.5. The molecule has 0 radical (unpaired) electrons. The third kappa shape index (κ3) is 4.29. The number of nitrogens with one attached hydrogen (secondary N) is 2. The first-order valence-electron chi connectivity index (χ1n) is 9.61. The van der Waals surface area contributed by atoms with Crippen LogP contribution in [0.2, 0.25) is 0 Å². The summed E-state index contributed by atoms with van der Waals surface area (Å²) in [5.41, 5.74) is 6.95. The number of hydrogen-bond donors (Lipinski definition) is 3. The van der Waals surface area contributed by atoms with E-state index < -0.39 is 11.7 Å². The van der Waals surface area contributed by atoms with Crippen molar-refractivity contribution in [3.8, 4) is 0 Å². The van der Waals surface area contributed by atoms with Gasteiger partial charge in [0.15, 0.2) is 5.65 Å². The Labute approximate surface area is 166 Å². The summed E-state index contributed by atoms with van der Waals surface area (Å²) in [7, 11) is 0. The molecule has 9 heteroatoms. The summed E-state index contributed by atoms with van der Waals surface area (Å²) < 4.78 is 41.4. The molecule has 0 saturated heterocycles. The van der Waals surface area contributed by atoms with Crippen LogP contribution >= 0.6 is 0 Å². The Morgan fingerprint density at radius 1 is 1.14 bits per heavy atom. The Hall–Kier alpha value is -2.81. The summed E-state index contributed by atoms with van der Waals surface area (Å²) in [6, 6.07) is 6.50.